The van der Waals surface area contributed by atoms with Gasteiger partial charge in [-0.05, 0) is 48.9 Å². The van der Waals surface area contributed by atoms with Crippen LogP contribution in [0.25, 0.3) is 11.1 Å². The van der Waals surface area contributed by atoms with E-state index in [2.05, 4.69) is 81.1 Å². The topological polar surface area (TPSA) is 30.9 Å². The lowest BCUT2D eigenvalue weighted by Gasteiger charge is -2.27. The molecular weight excluding hydrogens is 503 g/mol. The van der Waals surface area contributed by atoms with Crippen LogP contribution in [0.2, 0.25) is 0 Å². The molecule has 2 nitrogen and oxygen atoms in total. The van der Waals surface area contributed by atoms with Gasteiger partial charge in [-0.2, -0.15) is 0 Å². The van der Waals surface area contributed by atoms with Crippen molar-refractivity contribution in [2.24, 2.45) is 0 Å². The van der Waals surface area contributed by atoms with E-state index < -0.39 is 0 Å². The number of nitrogens with zero attached hydrogens (tertiary/aromatic N) is 1. The molecule has 2 aromatic rings. The van der Waals surface area contributed by atoms with Gasteiger partial charge in [0.1, 0.15) is 5.54 Å². The van der Waals surface area contributed by atoms with E-state index in [4.69, 9.17) is 5.73 Å². The maximum absolute atomic E-state index is 4.69. The highest BCUT2D eigenvalue weighted by molar-refractivity contribution is 5.66. The molecule has 0 radical (unpaired) electrons. The first-order valence-corrected chi connectivity index (χ1v) is 12.9. The molecule has 3 N–H and O–H groups in total. The largest absolute Gasteiger partial charge is 1.00 e. The third-order valence-electron chi connectivity index (χ3n) is 6.64. The zero-order valence-corrected chi connectivity index (χ0v) is 23.3. The highest BCUT2D eigenvalue weighted by Gasteiger charge is 2.30. The normalized spacial score (nSPS) is 11.3. The minimum atomic E-state index is 0. The van der Waals surface area contributed by atoms with Gasteiger partial charge in [-0.1, -0.05) is 89.8 Å². The van der Waals surface area contributed by atoms with Crippen molar-refractivity contribution in [3.8, 4) is 11.1 Å². The Labute approximate surface area is 215 Å². The molecule has 0 aliphatic rings. The molecule has 0 heterocycles. The van der Waals surface area contributed by atoms with E-state index in [1.165, 1.54) is 86.6 Å². The summed E-state index contributed by atoms with van der Waals surface area (Å²) in [5.41, 5.74) is 10.1. The van der Waals surface area contributed by atoms with Crippen molar-refractivity contribution < 1.29 is 29.7 Å². The summed E-state index contributed by atoms with van der Waals surface area (Å²) in [7, 11) is 0. The SMILES string of the molecule is CCCCN(CCCC)c1ccc(-c2ccc(C([NH3+])(CCCC)CCCC)cc2)cc1.[I-]. The minimum Gasteiger partial charge on any atom is -1.00 e. The molecule has 32 heavy (non-hydrogen) atoms. The number of hydrogen-bond acceptors (Lipinski definition) is 1. The van der Waals surface area contributed by atoms with E-state index in [1.807, 2.05) is 0 Å². The van der Waals surface area contributed by atoms with Gasteiger partial charge in [-0.3, -0.25) is 0 Å². The molecule has 0 aromatic heterocycles. The van der Waals surface area contributed by atoms with Crippen LogP contribution < -0.4 is 34.6 Å². The molecule has 0 aliphatic carbocycles. The molecule has 0 aliphatic heterocycles. The molecule has 0 amide bonds. The fourth-order valence-electron chi connectivity index (χ4n) is 4.39. The lowest BCUT2D eigenvalue weighted by Crippen LogP contribution is -3.00. The van der Waals surface area contributed by atoms with Gasteiger partial charge in [0.25, 0.3) is 0 Å². The molecule has 0 atom stereocenters. The fourth-order valence-corrected chi connectivity index (χ4v) is 4.39. The molecule has 0 saturated heterocycles. The zero-order valence-electron chi connectivity index (χ0n) is 21.1. The van der Waals surface area contributed by atoms with E-state index in [1.54, 1.807) is 0 Å². The Bertz CT molecular complexity index is 708. The van der Waals surface area contributed by atoms with Crippen LogP contribution >= 0.6 is 0 Å². The van der Waals surface area contributed by atoms with E-state index in [0.717, 1.165) is 13.1 Å². The van der Waals surface area contributed by atoms with Crippen LogP contribution in [0.3, 0.4) is 0 Å². The van der Waals surface area contributed by atoms with Crippen molar-refractivity contribution in [2.45, 2.75) is 97.4 Å². The maximum Gasteiger partial charge on any atom is 0.120 e. The van der Waals surface area contributed by atoms with E-state index in [-0.39, 0.29) is 29.5 Å². The quantitative estimate of drug-likeness (QED) is 0.324. The van der Waals surface area contributed by atoms with E-state index >= 15 is 0 Å². The molecule has 2 rings (SSSR count). The smallest absolute Gasteiger partial charge is 0.120 e. The standard InChI is InChI=1S/C29H46N2.HI/c1-5-9-21-29(30,22-10-6-2)27-17-13-25(14-18-27)26-15-19-28(20-16-26)31(23-11-7-3)24-12-8-4;/h13-20H,5-12,21-24,30H2,1-4H3;1H. The predicted molar refractivity (Wildman–Crippen MR) is 138 cm³/mol. The molecule has 0 unspecified atom stereocenters. The lowest BCUT2D eigenvalue weighted by atomic mass is 9.81. The highest BCUT2D eigenvalue weighted by atomic mass is 127. The fraction of sp³-hybridized carbons (Fsp3) is 0.586. The third kappa shape index (κ3) is 8.70. The van der Waals surface area contributed by atoms with Crippen LogP contribution in [0.1, 0.15) is 97.5 Å². The van der Waals surface area contributed by atoms with Gasteiger partial charge < -0.3 is 34.6 Å². The first-order valence-electron chi connectivity index (χ1n) is 12.9. The number of anilines is 1. The predicted octanol–water partition coefficient (Wildman–Crippen LogP) is 4.58. The summed E-state index contributed by atoms with van der Waals surface area (Å²) < 4.78 is 0. The van der Waals surface area contributed by atoms with Crippen LogP contribution in [-0.4, -0.2) is 13.1 Å². The molecular formula is C29H47IN2. The van der Waals surface area contributed by atoms with Crippen LogP contribution in [0.5, 0.6) is 0 Å². The zero-order chi connectivity index (χ0) is 22.5. The summed E-state index contributed by atoms with van der Waals surface area (Å²) >= 11 is 0. The Morgan fingerprint density at radius 3 is 1.44 bits per heavy atom. The Hall–Kier alpha value is -1.07. The first-order chi connectivity index (χ1) is 15.1. The van der Waals surface area contributed by atoms with E-state index in [9.17, 15) is 0 Å². The average molecular weight is 551 g/mol. The van der Waals surface area contributed by atoms with Crippen molar-refractivity contribution in [2.75, 3.05) is 18.0 Å². The van der Waals surface area contributed by atoms with Crippen LogP contribution in [0, 0.1) is 0 Å². The summed E-state index contributed by atoms with van der Waals surface area (Å²) in [4.78, 5) is 2.55. The van der Waals surface area contributed by atoms with Crippen molar-refractivity contribution >= 4 is 5.69 Å². The summed E-state index contributed by atoms with van der Waals surface area (Å²) in [5, 5.41) is 0. The Morgan fingerprint density at radius 1 is 0.625 bits per heavy atom. The van der Waals surface area contributed by atoms with Gasteiger partial charge in [-0.15, -0.1) is 0 Å². The number of benzene rings is 2. The van der Waals surface area contributed by atoms with Gasteiger partial charge >= 0.3 is 0 Å². The van der Waals surface area contributed by atoms with Gasteiger partial charge in [0.15, 0.2) is 0 Å². The summed E-state index contributed by atoms with van der Waals surface area (Å²) in [6.45, 7) is 11.4. The van der Waals surface area contributed by atoms with Gasteiger partial charge in [0.05, 0.1) is 0 Å². The second kappa shape index (κ2) is 15.7. The monoisotopic (exact) mass is 550 g/mol. The van der Waals surface area contributed by atoms with Crippen molar-refractivity contribution in [3.05, 3.63) is 54.1 Å². The Balaban J connectivity index is 0.00000512. The molecule has 0 spiro atoms. The number of halogens is 1. The summed E-state index contributed by atoms with van der Waals surface area (Å²) in [5.74, 6) is 0. The van der Waals surface area contributed by atoms with Crippen molar-refractivity contribution in [1.29, 1.82) is 0 Å². The van der Waals surface area contributed by atoms with Crippen molar-refractivity contribution in [3.63, 3.8) is 0 Å². The Kier molecular flexibility index (Phi) is 14.2. The van der Waals surface area contributed by atoms with Gasteiger partial charge in [-0.25, -0.2) is 0 Å². The Morgan fingerprint density at radius 2 is 1.03 bits per heavy atom. The van der Waals surface area contributed by atoms with Crippen LogP contribution in [0.4, 0.5) is 5.69 Å². The second-order valence-corrected chi connectivity index (χ2v) is 9.31. The molecule has 3 heteroatoms. The maximum atomic E-state index is 4.69. The first kappa shape index (κ1) is 29.0. The number of quaternary nitrogens is 1. The average Bonchev–Trinajstić information content (AvgIpc) is 2.82. The van der Waals surface area contributed by atoms with Gasteiger partial charge in [0.2, 0.25) is 0 Å². The molecule has 0 fully saturated rings. The number of unbranched alkanes of at least 4 members (excludes halogenated alkanes) is 4. The van der Waals surface area contributed by atoms with Crippen molar-refractivity contribution in [1.82, 2.24) is 0 Å². The van der Waals surface area contributed by atoms with Crippen LogP contribution in [-0.2, 0) is 5.54 Å². The van der Waals surface area contributed by atoms with Crippen LogP contribution in [0.15, 0.2) is 48.5 Å². The summed E-state index contributed by atoms with van der Waals surface area (Å²) in [6, 6.07) is 18.5. The molecule has 0 bridgehead atoms. The lowest BCUT2D eigenvalue weighted by molar-refractivity contribution is -0.492. The van der Waals surface area contributed by atoms with E-state index in [0.29, 0.717) is 0 Å². The molecule has 0 saturated carbocycles. The highest BCUT2D eigenvalue weighted by Crippen LogP contribution is 2.31. The minimum absolute atomic E-state index is 0. The van der Waals surface area contributed by atoms with Gasteiger partial charge in [0, 0.05) is 37.2 Å². The molecule has 2 aromatic carbocycles. The third-order valence-corrected chi connectivity index (χ3v) is 6.64. The molecule has 180 valence electrons. The number of rotatable bonds is 15. The second-order valence-electron chi connectivity index (χ2n) is 9.31. The summed E-state index contributed by atoms with van der Waals surface area (Å²) in [6.07, 6.45) is 12.4. The number of hydrogen-bond donors (Lipinski definition) is 1.